The van der Waals surface area contributed by atoms with Crippen molar-refractivity contribution in [3.8, 4) is 5.69 Å². The second-order valence-electron chi connectivity index (χ2n) is 7.45. The van der Waals surface area contributed by atoms with Crippen LogP contribution in [0, 0.1) is 5.92 Å². The Balaban J connectivity index is 1.30. The average molecular weight is 396 g/mol. The zero-order valence-electron chi connectivity index (χ0n) is 16.2. The smallest absolute Gasteiger partial charge is 0.255 e. The van der Waals surface area contributed by atoms with E-state index in [2.05, 4.69) is 15.6 Å². The second-order valence-corrected chi connectivity index (χ2v) is 7.45. The lowest BCUT2D eigenvalue weighted by molar-refractivity contribution is -0.117. The number of hydrogen-bond donors (Lipinski definition) is 2. The van der Waals surface area contributed by atoms with Gasteiger partial charge in [0.1, 0.15) is 6.33 Å². The van der Waals surface area contributed by atoms with Gasteiger partial charge in [-0.2, -0.15) is 0 Å². The minimum atomic E-state index is -0.224. The molecule has 0 radical (unpaired) electrons. The van der Waals surface area contributed by atoms with Gasteiger partial charge in [-0.25, -0.2) is 4.98 Å². The van der Waals surface area contributed by atoms with Crippen molar-refractivity contribution in [3.63, 3.8) is 0 Å². The molecule has 0 bridgehead atoms. The van der Waals surface area contributed by atoms with E-state index in [1.54, 1.807) is 30.6 Å². The molecule has 30 heavy (non-hydrogen) atoms. The highest BCUT2D eigenvalue weighted by Crippen LogP contribution is 2.30. The Hall–Kier alpha value is -3.93. The predicted octanol–water partition coefficient (Wildman–Crippen LogP) is 4.63. The predicted molar refractivity (Wildman–Crippen MR) is 117 cm³/mol. The van der Waals surface area contributed by atoms with E-state index in [4.69, 9.17) is 0 Å². The fraction of sp³-hybridized carbons (Fsp3) is 0.125. The topological polar surface area (TPSA) is 76.0 Å². The number of para-hydroxylation sites is 2. The van der Waals surface area contributed by atoms with Crippen LogP contribution >= 0.6 is 0 Å². The number of aromatic nitrogens is 2. The normalized spacial score (nSPS) is 13.2. The van der Waals surface area contributed by atoms with Crippen LogP contribution < -0.4 is 10.6 Å². The van der Waals surface area contributed by atoms with E-state index >= 15 is 0 Å². The first-order valence-corrected chi connectivity index (χ1v) is 9.92. The highest BCUT2D eigenvalue weighted by molar-refractivity contribution is 6.05. The maximum Gasteiger partial charge on any atom is 0.255 e. The van der Waals surface area contributed by atoms with Gasteiger partial charge in [0.2, 0.25) is 5.91 Å². The molecule has 1 saturated carbocycles. The molecule has 2 amide bonds. The van der Waals surface area contributed by atoms with Crippen molar-refractivity contribution in [2.24, 2.45) is 5.92 Å². The maximum absolute atomic E-state index is 12.6. The molecule has 2 N–H and O–H groups in total. The van der Waals surface area contributed by atoms with Gasteiger partial charge in [0, 0.05) is 28.5 Å². The van der Waals surface area contributed by atoms with E-state index in [1.807, 2.05) is 53.1 Å². The Morgan fingerprint density at radius 2 is 1.67 bits per heavy atom. The lowest BCUT2D eigenvalue weighted by atomic mass is 10.1. The van der Waals surface area contributed by atoms with Crippen LogP contribution in [0.15, 0.2) is 79.1 Å². The molecule has 0 atom stereocenters. The third-order valence-corrected chi connectivity index (χ3v) is 5.20. The molecule has 5 rings (SSSR count). The summed E-state index contributed by atoms with van der Waals surface area (Å²) in [6.45, 7) is 0. The molecule has 1 heterocycles. The second kappa shape index (κ2) is 7.48. The molecule has 1 aromatic heterocycles. The SMILES string of the molecule is O=C(Nc1ccc(-n2cnc3ccccc32)cc1)c1cccc(NC(=O)C2CC2)c1. The standard InChI is InChI=1S/C24H20N4O2/c29-23(16-8-9-16)27-19-5-3-4-17(14-19)24(30)26-18-10-12-20(13-11-18)28-15-25-21-6-1-2-7-22(21)28/h1-7,10-16H,8-9H2,(H,26,30)(H,27,29). The van der Waals surface area contributed by atoms with Crippen molar-refractivity contribution < 1.29 is 9.59 Å². The molecule has 6 heteroatoms. The minimum Gasteiger partial charge on any atom is -0.326 e. The third kappa shape index (κ3) is 3.67. The van der Waals surface area contributed by atoms with E-state index in [9.17, 15) is 9.59 Å². The van der Waals surface area contributed by atoms with Crippen LogP contribution in [0.5, 0.6) is 0 Å². The van der Waals surface area contributed by atoms with E-state index < -0.39 is 0 Å². The van der Waals surface area contributed by atoms with Crippen molar-refractivity contribution in [1.82, 2.24) is 9.55 Å². The molecule has 0 aliphatic heterocycles. The molecule has 4 aromatic rings. The van der Waals surface area contributed by atoms with Crippen molar-refractivity contribution in [2.45, 2.75) is 12.8 Å². The van der Waals surface area contributed by atoms with Crippen LogP contribution in [0.3, 0.4) is 0 Å². The highest BCUT2D eigenvalue weighted by Gasteiger charge is 2.29. The summed E-state index contributed by atoms with van der Waals surface area (Å²) < 4.78 is 2.01. The van der Waals surface area contributed by atoms with E-state index in [0.29, 0.717) is 16.9 Å². The van der Waals surface area contributed by atoms with E-state index in [1.165, 1.54) is 0 Å². The van der Waals surface area contributed by atoms with Gasteiger partial charge in [-0.3, -0.25) is 14.2 Å². The zero-order valence-corrected chi connectivity index (χ0v) is 16.2. The van der Waals surface area contributed by atoms with Crippen LogP contribution in [-0.2, 0) is 4.79 Å². The number of carbonyl (C=O) groups is 2. The van der Waals surface area contributed by atoms with Gasteiger partial charge in [0.15, 0.2) is 0 Å². The summed E-state index contributed by atoms with van der Waals surface area (Å²) in [6, 6.07) is 22.5. The summed E-state index contributed by atoms with van der Waals surface area (Å²) in [5.74, 6) is -0.0814. The number of hydrogen-bond acceptors (Lipinski definition) is 3. The van der Waals surface area contributed by atoms with Crippen LogP contribution in [0.2, 0.25) is 0 Å². The Labute approximate surface area is 173 Å². The molecule has 148 valence electrons. The number of amides is 2. The van der Waals surface area contributed by atoms with E-state index in [-0.39, 0.29) is 17.7 Å². The summed E-state index contributed by atoms with van der Waals surface area (Å²) in [7, 11) is 0. The average Bonchev–Trinajstić information content (AvgIpc) is 3.54. The highest BCUT2D eigenvalue weighted by atomic mass is 16.2. The lowest BCUT2D eigenvalue weighted by Crippen LogP contribution is -2.15. The molecular weight excluding hydrogens is 376 g/mol. The third-order valence-electron chi connectivity index (χ3n) is 5.20. The summed E-state index contributed by atoms with van der Waals surface area (Å²) in [5.41, 5.74) is 4.75. The molecule has 1 aliphatic rings. The number of nitrogens with zero attached hydrogens (tertiary/aromatic N) is 2. The Kier molecular flexibility index (Phi) is 4.52. The van der Waals surface area contributed by atoms with Gasteiger partial charge in [-0.05, 0) is 67.4 Å². The molecule has 1 aliphatic carbocycles. The number of carbonyl (C=O) groups excluding carboxylic acids is 2. The number of anilines is 2. The fourth-order valence-electron chi connectivity index (χ4n) is 3.40. The molecule has 3 aromatic carbocycles. The zero-order chi connectivity index (χ0) is 20.5. The van der Waals surface area contributed by atoms with Crippen LogP contribution in [0.25, 0.3) is 16.7 Å². The van der Waals surface area contributed by atoms with E-state index in [0.717, 1.165) is 29.6 Å². The van der Waals surface area contributed by atoms with Gasteiger partial charge in [0.25, 0.3) is 5.91 Å². The number of fused-ring (bicyclic) bond motifs is 1. The van der Waals surface area contributed by atoms with Gasteiger partial charge in [-0.15, -0.1) is 0 Å². The number of rotatable bonds is 5. The maximum atomic E-state index is 12.6. The largest absolute Gasteiger partial charge is 0.326 e. The molecule has 0 saturated heterocycles. The van der Waals surface area contributed by atoms with Gasteiger partial charge < -0.3 is 10.6 Å². The van der Waals surface area contributed by atoms with Gasteiger partial charge >= 0.3 is 0 Å². The van der Waals surface area contributed by atoms with Crippen molar-refractivity contribution in [2.75, 3.05) is 10.6 Å². The van der Waals surface area contributed by atoms with Crippen LogP contribution in [0.1, 0.15) is 23.2 Å². The number of benzene rings is 3. The first-order valence-electron chi connectivity index (χ1n) is 9.92. The summed E-state index contributed by atoms with van der Waals surface area (Å²) in [4.78, 5) is 29.0. The Morgan fingerprint density at radius 1 is 0.867 bits per heavy atom. The molecule has 6 nitrogen and oxygen atoms in total. The fourth-order valence-corrected chi connectivity index (χ4v) is 3.40. The van der Waals surface area contributed by atoms with Crippen molar-refractivity contribution in [3.05, 3.63) is 84.7 Å². The molecular formula is C24H20N4O2. The van der Waals surface area contributed by atoms with Gasteiger partial charge in [0.05, 0.1) is 11.0 Å². The number of imidazole rings is 1. The Bertz CT molecular complexity index is 1240. The van der Waals surface area contributed by atoms with Crippen LogP contribution in [0.4, 0.5) is 11.4 Å². The molecule has 0 spiro atoms. The number of nitrogens with one attached hydrogen (secondary N) is 2. The monoisotopic (exact) mass is 396 g/mol. The summed E-state index contributed by atoms with van der Waals surface area (Å²) in [5, 5.41) is 5.78. The first-order chi connectivity index (χ1) is 14.7. The van der Waals surface area contributed by atoms with Crippen LogP contribution in [-0.4, -0.2) is 21.4 Å². The van der Waals surface area contributed by atoms with Crippen molar-refractivity contribution in [1.29, 1.82) is 0 Å². The Morgan fingerprint density at radius 3 is 2.47 bits per heavy atom. The quantitative estimate of drug-likeness (QED) is 0.517. The van der Waals surface area contributed by atoms with Gasteiger partial charge in [-0.1, -0.05) is 18.2 Å². The summed E-state index contributed by atoms with van der Waals surface area (Å²) in [6.07, 6.45) is 3.67. The lowest BCUT2D eigenvalue weighted by Gasteiger charge is -2.09. The van der Waals surface area contributed by atoms with Crippen molar-refractivity contribution >= 4 is 34.2 Å². The summed E-state index contributed by atoms with van der Waals surface area (Å²) >= 11 is 0. The molecule has 1 fully saturated rings. The molecule has 0 unspecified atom stereocenters. The minimum absolute atomic E-state index is 0.0233. The first kappa shape index (κ1) is 18.1.